The van der Waals surface area contributed by atoms with Gasteiger partial charge in [0.1, 0.15) is 6.04 Å². The fourth-order valence-electron chi connectivity index (χ4n) is 2.60. The number of amides is 1. The van der Waals surface area contributed by atoms with Crippen LogP contribution in [0.2, 0.25) is 0 Å². The highest BCUT2D eigenvalue weighted by molar-refractivity contribution is 8.01. The van der Waals surface area contributed by atoms with Crippen LogP contribution in [-0.4, -0.2) is 50.3 Å². The molecule has 0 bridgehead atoms. The summed E-state index contributed by atoms with van der Waals surface area (Å²) in [7, 11) is 0. The van der Waals surface area contributed by atoms with E-state index >= 15 is 0 Å². The number of carboxylic acid groups (broad SMARTS) is 2. The third kappa shape index (κ3) is 4.27. The van der Waals surface area contributed by atoms with Gasteiger partial charge in [-0.25, -0.2) is 4.79 Å². The van der Waals surface area contributed by atoms with Crippen LogP contribution in [0.3, 0.4) is 0 Å². The smallest absolute Gasteiger partial charge is 0.328 e. The number of hydrogen-bond acceptors (Lipinski definition) is 5. The maximum atomic E-state index is 12.1. The van der Waals surface area contributed by atoms with E-state index in [0.717, 1.165) is 5.56 Å². The minimum absolute atomic E-state index is 0.0633. The summed E-state index contributed by atoms with van der Waals surface area (Å²) in [4.78, 5) is 35.0. The van der Waals surface area contributed by atoms with E-state index in [1.54, 1.807) is 38.1 Å². The molecule has 1 aromatic rings. The highest BCUT2D eigenvalue weighted by atomic mass is 32.2. The van der Waals surface area contributed by atoms with Crippen molar-refractivity contribution in [2.75, 3.05) is 0 Å². The van der Waals surface area contributed by atoms with Crippen molar-refractivity contribution in [3.63, 3.8) is 0 Å². The van der Waals surface area contributed by atoms with Gasteiger partial charge in [0.2, 0.25) is 5.91 Å². The van der Waals surface area contributed by atoms with Gasteiger partial charge in [0.05, 0.1) is 11.8 Å². The first kappa shape index (κ1) is 18.3. The average molecular weight is 352 g/mol. The van der Waals surface area contributed by atoms with Crippen LogP contribution in [0.4, 0.5) is 0 Å². The normalized spacial score (nSPS) is 23.4. The van der Waals surface area contributed by atoms with Crippen molar-refractivity contribution in [3.8, 4) is 0 Å². The highest BCUT2D eigenvalue weighted by Gasteiger charge is 2.49. The summed E-state index contributed by atoms with van der Waals surface area (Å²) >= 11 is 1.20. The van der Waals surface area contributed by atoms with E-state index in [2.05, 4.69) is 10.6 Å². The summed E-state index contributed by atoms with van der Waals surface area (Å²) in [5.74, 6) is -2.68. The molecule has 1 amide bonds. The van der Waals surface area contributed by atoms with E-state index < -0.39 is 40.1 Å². The van der Waals surface area contributed by atoms with Crippen LogP contribution in [0.15, 0.2) is 30.3 Å². The van der Waals surface area contributed by atoms with E-state index in [4.69, 9.17) is 0 Å². The van der Waals surface area contributed by atoms with Crippen LogP contribution in [-0.2, 0) is 20.8 Å². The van der Waals surface area contributed by atoms with Crippen molar-refractivity contribution in [1.29, 1.82) is 0 Å². The molecule has 2 rings (SSSR count). The second kappa shape index (κ2) is 7.23. The van der Waals surface area contributed by atoms with Crippen molar-refractivity contribution in [2.45, 2.75) is 42.5 Å². The number of benzene rings is 1. The van der Waals surface area contributed by atoms with E-state index in [9.17, 15) is 24.6 Å². The van der Waals surface area contributed by atoms with E-state index in [0.29, 0.717) is 0 Å². The van der Waals surface area contributed by atoms with Gasteiger partial charge in [-0.15, -0.1) is 11.8 Å². The van der Waals surface area contributed by atoms with Crippen molar-refractivity contribution >= 4 is 29.6 Å². The monoisotopic (exact) mass is 352 g/mol. The third-order valence-electron chi connectivity index (χ3n) is 3.80. The Morgan fingerprint density at radius 2 is 1.88 bits per heavy atom. The van der Waals surface area contributed by atoms with Gasteiger partial charge < -0.3 is 15.5 Å². The van der Waals surface area contributed by atoms with Crippen LogP contribution in [0.1, 0.15) is 19.4 Å². The number of carbonyl (C=O) groups excluding carboxylic acids is 1. The summed E-state index contributed by atoms with van der Waals surface area (Å²) in [5.41, 5.74) is 0.773. The molecule has 1 aliphatic heterocycles. The maximum absolute atomic E-state index is 12.1. The number of carboxylic acids is 2. The fraction of sp³-hybridized carbons (Fsp3) is 0.438. The zero-order valence-corrected chi connectivity index (χ0v) is 14.2. The Balaban J connectivity index is 2.06. The molecule has 3 atom stereocenters. The Labute approximate surface area is 143 Å². The lowest BCUT2D eigenvalue weighted by molar-refractivity contribution is -0.143. The largest absolute Gasteiger partial charge is 0.480 e. The number of nitrogens with one attached hydrogen (secondary N) is 2. The Bertz CT molecular complexity index is 635. The predicted molar refractivity (Wildman–Crippen MR) is 89.7 cm³/mol. The van der Waals surface area contributed by atoms with Crippen molar-refractivity contribution in [1.82, 2.24) is 10.6 Å². The molecule has 0 spiro atoms. The Kier molecular flexibility index (Phi) is 5.51. The zero-order valence-electron chi connectivity index (χ0n) is 13.4. The minimum atomic E-state index is -1.21. The third-order valence-corrected chi connectivity index (χ3v) is 5.30. The molecule has 0 radical (unpaired) electrons. The van der Waals surface area contributed by atoms with Gasteiger partial charge >= 0.3 is 11.9 Å². The Morgan fingerprint density at radius 1 is 1.25 bits per heavy atom. The molecule has 0 unspecified atom stereocenters. The quantitative estimate of drug-likeness (QED) is 0.595. The van der Waals surface area contributed by atoms with Gasteiger partial charge in [-0.2, -0.15) is 0 Å². The Hall–Kier alpha value is -2.06. The zero-order chi connectivity index (χ0) is 17.9. The molecule has 1 aliphatic rings. The second-order valence-electron chi connectivity index (χ2n) is 6.13. The standard InChI is InChI=1S/C16H20N2O5S/c1-16(2)12(15(22)23)18-13(24-16)11(14(20)21)17-10(19)8-9-6-4-3-5-7-9/h3-7,11-13,18H,8H2,1-2H3,(H,17,19)(H,20,21)(H,22,23)/t11-,12+,13-/m1/s1. The van der Waals surface area contributed by atoms with Crippen molar-refractivity contribution in [3.05, 3.63) is 35.9 Å². The van der Waals surface area contributed by atoms with Crippen LogP contribution >= 0.6 is 11.8 Å². The number of thioether (sulfide) groups is 1. The van der Waals surface area contributed by atoms with Gasteiger partial charge in [0, 0.05) is 4.75 Å². The second-order valence-corrected chi connectivity index (χ2v) is 7.92. The molecule has 0 saturated carbocycles. The summed E-state index contributed by atoms with van der Waals surface area (Å²) < 4.78 is -0.686. The highest BCUT2D eigenvalue weighted by Crippen LogP contribution is 2.39. The molecule has 24 heavy (non-hydrogen) atoms. The van der Waals surface area contributed by atoms with Crippen molar-refractivity contribution in [2.24, 2.45) is 0 Å². The molecule has 7 nitrogen and oxygen atoms in total. The molecule has 0 aliphatic carbocycles. The molecule has 8 heteroatoms. The average Bonchev–Trinajstić information content (AvgIpc) is 2.81. The topological polar surface area (TPSA) is 116 Å². The number of rotatable bonds is 6. The summed E-state index contributed by atoms with van der Waals surface area (Å²) in [6, 6.07) is 6.88. The summed E-state index contributed by atoms with van der Waals surface area (Å²) in [5, 5.41) is 23.2. The lowest BCUT2D eigenvalue weighted by atomic mass is 10.0. The number of hydrogen-bond donors (Lipinski definition) is 4. The molecule has 1 heterocycles. The van der Waals surface area contributed by atoms with Crippen LogP contribution in [0.25, 0.3) is 0 Å². The van der Waals surface area contributed by atoms with Gasteiger partial charge in [-0.3, -0.25) is 14.9 Å². The molecule has 130 valence electrons. The van der Waals surface area contributed by atoms with Crippen molar-refractivity contribution < 1.29 is 24.6 Å². The van der Waals surface area contributed by atoms with Gasteiger partial charge in [0.15, 0.2) is 6.04 Å². The SMILES string of the molecule is CC1(C)S[C@H]([C@@H](NC(=O)Cc2ccccc2)C(=O)O)N[C@H]1C(=O)O. The first-order valence-electron chi connectivity index (χ1n) is 7.43. The van der Waals surface area contributed by atoms with Gasteiger partial charge in [-0.1, -0.05) is 30.3 Å². The molecule has 1 saturated heterocycles. The minimum Gasteiger partial charge on any atom is -0.480 e. The molecule has 1 fully saturated rings. The first-order chi connectivity index (χ1) is 11.2. The van der Waals surface area contributed by atoms with Crippen LogP contribution in [0.5, 0.6) is 0 Å². The lowest BCUT2D eigenvalue weighted by Crippen LogP contribution is -2.54. The summed E-state index contributed by atoms with van der Waals surface area (Å²) in [6.07, 6.45) is 0.0633. The van der Waals surface area contributed by atoms with Crippen LogP contribution < -0.4 is 10.6 Å². The first-order valence-corrected chi connectivity index (χ1v) is 8.31. The molecule has 1 aromatic carbocycles. The summed E-state index contributed by atoms with van der Waals surface area (Å²) in [6.45, 7) is 3.46. The molecular formula is C16H20N2O5S. The van der Waals surface area contributed by atoms with Crippen LogP contribution in [0, 0.1) is 0 Å². The number of carbonyl (C=O) groups is 3. The molecule has 4 N–H and O–H groups in total. The fourth-order valence-corrected chi connectivity index (χ4v) is 4.08. The van der Waals surface area contributed by atoms with E-state index in [1.807, 2.05) is 6.07 Å². The molecular weight excluding hydrogens is 332 g/mol. The maximum Gasteiger partial charge on any atom is 0.328 e. The van der Waals surface area contributed by atoms with E-state index in [1.165, 1.54) is 11.8 Å². The Morgan fingerprint density at radius 3 is 2.38 bits per heavy atom. The van der Waals surface area contributed by atoms with Gasteiger partial charge in [0.25, 0.3) is 0 Å². The number of aliphatic carboxylic acids is 2. The molecule has 0 aromatic heterocycles. The van der Waals surface area contributed by atoms with E-state index in [-0.39, 0.29) is 6.42 Å². The predicted octanol–water partition coefficient (Wildman–Crippen LogP) is 0.693. The van der Waals surface area contributed by atoms with Gasteiger partial charge in [-0.05, 0) is 19.4 Å². The lowest BCUT2D eigenvalue weighted by Gasteiger charge is -2.22.